The van der Waals surface area contributed by atoms with Crippen LogP contribution in [0.25, 0.3) is 0 Å². The van der Waals surface area contributed by atoms with Crippen molar-refractivity contribution in [2.24, 2.45) is 0 Å². The van der Waals surface area contributed by atoms with Crippen molar-refractivity contribution in [1.29, 1.82) is 0 Å². The summed E-state index contributed by atoms with van der Waals surface area (Å²) in [5.41, 5.74) is 0.147. The SMILES string of the molecule is CC(CNC(C)(C)C)Oc1ccccc1. The minimum Gasteiger partial charge on any atom is -0.489 e. The van der Waals surface area contributed by atoms with Crippen molar-refractivity contribution < 1.29 is 4.74 Å². The third-order valence-corrected chi connectivity index (χ3v) is 2.00. The Balaban J connectivity index is 2.34. The van der Waals surface area contributed by atoms with Crippen LogP contribution in [0.4, 0.5) is 0 Å². The van der Waals surface area contributed by atoms with Gasteiger partial charge in [0.05, 0.1) is 0 Å². The average Bonchev–Trinajstić information content (AvgIpc) is 2.15. The van der Waals surface area contributed by atoms with Gasteiger partial charge in [0, 0.05) is 12.1 Å². The van der Waals surface area contributed by atoms with Crippen LogP contribution in [-0.4, -0.2) is 18.2 Å². The molecule has 0 aliphatic rings. The van der Waals surface area contributed by atoms with E-state index in [4.69, 9.17) is 4.74 Å². The molecular weight excluding hydrogens is 186 g/mol. The van der Waals surface area contributed by atoms with Gasteiger partial charge in [-0.3, -0.25) is 0 Å². The molecule has 0 aliphatic heterocycles. The molecule has 1 atom stereocenters. The van der Waals surface area contributed by atoms with Crippen LogP contribution in [0.5, 0.6) is 5.75 Å². The molecule has 1 aromatic carbocycles. The van der Waals surface area contributed by atoms with Gasteiger partial charge in [0.15, 0.2) is 0 Å². The van der Waals surface area contributed by atoms with E-state index in [0.717, 1.165) is 12.3 Å². The first-order valence-electron chi connectivity index (χ1n) is 5.44. The Bertz CT molecular complexity index is 276. The van der Waals surface area contributed by atoms with Gasteiger partial charge in [-0.2, -0.15) is 0 Å². The highest BCUT2D eigenvalue weighted by atomic mass is 16.5. The van der Waals surface area contributed by atoms with E-state index in [2.05, 4.69) is 33.0 Å². The van der Waals surface area contributed by atoms with E-state index in [1.54, 1.807) is 0 Å². The second kappa shape index (κ2) is 5.17. The van der Waals surface area contributed by atoms with E-state index in [1.807, 2.05) is 30.3 Å². The predicted molar refractivity (Wildman–Crippen MR) is 64.3 cm³/mol. The molecular formula is C13H21NO. The third kappa shape index (κ3) is 5.43. The number of rotatable bonds is 4. The van der Waals surface area contributed by atoms with Gasteiger partial charge in [0.2, 0.25) is 0 Å². The summed E-state index contributed by atoms with van der Waals surface area (Å²) in [4.78, 5) is 0. The highest BCUT2D eigenvalue weighted by Crippen LogP contribution is 2.10. The van der Waals surface area contributed by atoms with Gasteiger partial charge in [0.1, 0.15) is 11.9 Å². The highest BCUT2D eigenvalue weighted by Gasteiger charge is 2.11. The lowest BCUT2D eigenvalue weighted by Crippen LogP contribution is -2.41. The molecule has 0 bridgehead atoms. The molecule has 0 aromatic heterocycles. The van der Waals surface area contributed by atoms with Gasteiger partial charge in [-0.05, 0) is 39.8 Å². The second-order valence-corrected chi connectivity index (χ2v) is 4.87. The fourth-order valence-electron chi connectivity index (χ4n) is 1.22. The van der Waals surface area contributed by atoms with Crippen molar-refractivity contribution in [3.05, 3.63) is 30.3 Å². The summed E-state index contributed by atoms with van der Waals surface area (Å²) in [6, 6.07) is 9.92. The first-order chi connectivity index (χ1) is 6.97. The summed E-state index contributed by atoms with van der Waals surface area (Å²) in [6.45, 7) is 9.40. The Morgan fingerprint density at radius 3 is 2.33 bits per heavy atom. The standard InChI is InChI=1S/C13H21NO/c1-11(10-14-13(2,3)4)15-12-8-6-5-7-9-12/h5-9,11,14H,10H2,1-4H3. The molecule has 0 saturated heterocycles. The minimum absolute atomic E-state index is 0.147. The van der Waals surface area contributed by atoms with E-state index in [0.29, 0.717) is 0 Å². The molecule has 84 valence electrons. The second-order valence-electron chi connectivity index (χ2n) is 4.87. The molecule has 1 rings (SSSR count). The zero-order chi connectivity index (χ0) is 11.3. The van der Waals surface area contributed by atoms with Crippen molar-refractivity contribution in [2.45, 2.75) is 39.3 Å². The molecule has 1 unspecified atom stereocenters. The first kappa shape index (κ1) is 12.1. The van der Waals surface area contributed by atoms with Gasteiger partial charge < -0.3 is 10.1 Å². The van der Waals surface area contributed by atoms with Crippen LogP contribution in [0, 0.1) is 0 Å². The lowest BCUT2D eigenvalue weighted by Gasteiger charge is -2.24. The average molecular weight is 207 g/mol. The van der Waals surface area contributed by atoms with E-state index in [1.165, 1.54) is 0 Å². The number of hydrogen-bond donors (Lipinski definition) is 1. The molecule has 1 N–H and O–H groups in total. The van der Waals surface area contributed by atoms with Crippen molar-refractivity contribution in [3.8, 4) is 5.75 Å². The maximum Gasteiger partial charge on any atom is 0.119 e. The van der Waals surface area contributed by atoms with E-state index in [9.17, 15) is 0 Å². The van der Waals surface area contributed by atoms with Gasteiger partial charge in [0.25, 0.3) is 0 Å². The normalized spacial score (nSPS) is 13.6. The fraction of sp³-hybridized carbons (Fsp3) is 0.538. The van der Waals surface area contributed by atoms with Crippen molar-refractivity contribution in [2.75, 3.05) is 6.54 Å². The summed E-state index contributed by atoms with van der Waals surface area (Å²) in [5.74, 6) is 0.931. The zero-order valence-corrected chi connectivity index (χ0v) is 10.1. The smallest absolute Gasteiger partial charge is 0.119 e. The maximum absolute atomic E-state index is 5.75. The molecule has 0 radical (unpaired) electrons. The molecule has 0 fully saturated rings. The largest absolute Gasteiger partial charge is 0.489 e. The summed E-state index contributed by atoms with van der Waals surface area (Å²) in [7, 11) is 0. The van der Waals surface area contributed by atoms with Crippen LogP contribution in [0.2, 0.25) is 0 Å². The van der Waals surface area contributed by atoms with Crippen LogP contribution in [0.1, 0.15) is 27.7 Å². The fourth-order valence-corrected chi connectivity index (χ4v) is 1.22. The zero-order valence-electron chi connectivity index (χ0n) is 10.1. The summed E-state index contributed by atoms with van der Waals surface area (Å²) < 4.78 is 5.75. The summed E-state index contributed by atoms with van der Waals surface area (Å²) in [6.07, 6.45) is 0.187. The quantitative estimate of drug-likeness (QED) is 0.819. The number of nitrogens with one attached hydrogen (secondary N) is 1. The monoisotopic (exact) mass is 207 g/mol. The Morgan fingerprint density at radius 2 is 1.80 bits per heavy atom. The van der Waals surface area contributed by atoms with Gasteiger partial charge in [-0.1, -0.05) is 18.2 Å². The molecule has 15 heavy (non-hydrogen) atoms. The van der Waals surface area contributed by atoms with E-state index in [-0.39, 0.29) is 11.6 Å². The first-order valence-corrected chi connectivity index (χ1v) is 5.44. The predicted octanol–water partition coefficient (Wildman–Crippen LogP) is 2.84. The maximum atomic E-state index is 5.75. The number of ether oxygens (including phenoxy) is 1. The lowest BCUT2D eigenvalue weighted by atomic mass is 10.1. The van der Waals surface area contributed by atoms with E-state index >= 15 is 0 Å². The van der Waals surface area contributed by atoms with Gasteiger partial charge >= 0.3 is 0 Å². The lowest BCUT2D eigenvalue weighted by molar-refractivity contribution is 0.203. The number of benzene rings is 1. The number of para-hydroxylation sites is 1. The topological polar surface area (TPSA) is 21.3 Å². The highest BCUT2D eigenvalue weighted by molar-refractivity contribution is 5.21. The van der Waals surface area contributed by atoms with Crippen LogP contribution < -0.4 is 10.1 Å². The molecule has 2 nitrogen and oxygen atoms in total. The third-order valence-electron chi connectivity index (χ3n) is 2.00. The Labute approximate surface area is 92.6 Å². The minimum atomic E-state index is 0.147. The molecule has 0 aliphatic carbocycles. The van der Waals surface area contributed by atoms with Gasteiger partial charge in [-0.25, -0.2) is 0 Å². The summed E-state index contributed by atoms with van der Waals surface area (Å²) in [5, 5.41) is 3.42. The van der Waals surface area contributed by atoms with Crippen molar-refractivity contribution >= 4 is 0 Å². The van der Waals surface area contributed by atoms with Crippen LogP contribution in [0.3, 0.4) is 0 Å². The molecule has 0 heterocycles. The number of hydrogen-bond acceptors (Lipinski definition) is 2. The Morgan fingerprint density at radius 1 is 1.20 bits per heavy atom. The van der Waals surface area contributed by atoms with Crippen LogP contribution >= 0.6 is 0 Å². The summed E-state index contributed by atoms with van der Waals surface area (Å²) >= 11 is 0. The molecule has 0 amide bonds. The molecule has 0 spiro atoms. The van der Waals surface area contributed by atoms with E-state index < -0.39 is 0 Å². The molecule has 1 aromatic rings. The van der Waals surface area contributed by atoms with Crippen LogP contribution in [-0.2, 0) is 0 Å². The van der Waals surface area contributed by atoms with Crippen molar-refractivity contribution in [1.82, 2.24) is 5.32 Å². The van der Waals surface area contributed by atoms with Crippen molar-refractivity contribution in [3.63, 3.8) is 0 Å². The molecule has 0 saturated carbocycles. The van der Waals surface area contributed by atoms with Gasteiger partial charge in [-0.15, -0.1) is 0 Å². The Kier molecular flexibility index (Phi) is 4.15. The van der Waals surface area contributed by atoms with Crippen LogP contribution in [0.15, 0.2) is 30.3 Å². The molecule has 2 heteroatoms. The Hall–Kier alpha value is -1.02.